The summed E-state index contributed by atoms with van der Waals surface area (Å²) in [5.41, 5.74) is 0. The SMILES string of the molecule is COC(=O)C(NCCC1CCCO1)C1CC1. The van der Waals surface area contributed by atoms with E-state index >= 15 is 0 Å². The standard InChI is InChI=1S/C12H21NO3/c1-15-12(14)11(9-4-5-9)13-7-6-10-3-2-8-16-10/h9-11,13H,2-8H2,1H3. The molecule has 1 aliphatic heterocycles. The van der Waals surface area contributed by atoms with Crippen molar-refractivity contribution in [1.82, 2.24) is 5.32 Å². The van der Waals surface area contributed by atoms with Crippen LogP contribution in [-0.4, -0.2) is 38.4 Å². The molecule has 2 atom stereocenters. The Kier molecular flexibility index (Phi) is 4.18. The van der Waals surface area contributed by atoms with E-state index in [9.17, 15) is 4.79 Å². The van der Waals surface area contributed by atoms with Crippen molar-refractivity contribution in [2.45, 2.75) is 44.2 Å². The molecular weight excluding hydrogens is 206 g/mol. The van der Waals surface area contributed by atoms with Crippen molar-refractivity contribution in [3.8, 4) is 0 Å². The third kappa shape index (κ3) is 3.19. The average molecular weight is 227 g/mol. The molecule has 0 aromatic rings. The highest BCUT2D eigenvalue weighted by Crippen LogP contribution is 2.33. The predicted molar refractivity (Wildman–Crippen MR) is 60.1 cm³/mol. The van der Waals surface area contributed by atoms with Gasteiger partial charge in [-0.2, -0.15) is 0 Å². The Morgan fingerprint density at radius 2 is 2.31 bits per heavy atom. The largest absolute Gasteiger partial charge is 0.468 e. The van der Waals surface area contributed by atoms with Gasteiger partial charge in [0.1, 0.15) is 6.04 Å². The molecule has 1 N–H and O–H groups in total. The molecule has 2 fully saturated rings. The predicted octanol–water partition coefficient (Wildman–Crippen LogP) is 1.10. The number of nitrogens with one attached hydrogen (secondary N) is 1. The van der Waals surface area contributed by atoms with Gasteiger partial charge in [0.05, 0.1) is 13.2 Å². The summed E-state index contributed by atoms with van der Waals surface area (Å²) in [7, 11) is 1.46. The van der Waals surface area contributed by atoms with Crippen molar-refractivity contribution in [2.75, 3.05) is 20.3 Å². The third-order valence-electron chi connectivity index (χ3n) is 3.40. The highest BCUT2D eigenvalue weighted by Gasteiger charge is 2.36. The molecule has 0 radical (unpaired) electrons. The van der Waals surface area contributed by atoms with E-state index in [1.807, 2.05) is 0 Å². The Morgan fingerprint density at radius 1 is 1.50 bits per heavy atom. The molecule has 0 spiro atoms. The minimum atomic E-state index is -0.116. The summed E-state index contributed by atoms with van der Waals surface area (Å²) in [4.78, 5) is 11.5. The van der Waals surface area contributed by atoms with Gasteiger partial charge in [-0.3, -0.25) is 4.79 Å². The summed E-state index contributed by atoms with van der Waals surface area (Å²) in [5.74, 6) is 0.381. The Balaban J connectivity index is 1.67. The molecule has 2 aliphatic rings. The van der Waals surface area contributed by atoms with Crippen molar-refractivity contribution >= 4 is 5.97 Å². The molecule has 16 heavy (non-hydrogen) atoms. The van der Waals surface area contributed by atoms with Crippen molar-refractivity contribution in [3.63, 3.8) is 0 Å². The van der Waals surface area contributed by atoms with Crippen molar-refractivity contribution in [1.29, 1.82) is 0 Å². The number of hydrogen-bond donors (Lipinski definition) is 1. The van der Waals surface area contributed by atoms with E-state index in [0.717, 1.165) is 38.8 Å². The van der Waals surface area contributed by atoms with Crippen molar-refractivity contribution in [2.24, 2.45) is 5.92 Å². The van der Waals surface area contributed by atoms with Crippen LogP contribution in [0.3, 0.4) is 0 Å². The second kappa shape index (κ2) is 5.64. The van der Waals surface area contributed by atoms with Crippen LogP contribution in [-0.2, 0) is 14.3 Å². The third-order valence-corrected chi connectivity index (χ3v) is 3.40. The molecular formula is C12H21NO3. The van der Waals surface area contributed by atoms with Crippen LogP contribution in [0.2, 0.25) is 0 Å². The van der Waals surface area contributed by atoms with Gasteiger partial charge in [0.25, 0.3) is 0 Å². The van der Waals surface area contributed by atoms with E-state index in [2.05, 4.69) is 5.32 Å². The van der Waals surface area contributed by atoms with Crippen LogP contribution in [0.5, 0.6) is 0 Å². The fourth-order valence-electron chi connectivity index (χ4n) is 2.27. The highest BCUT2D eigenvalue weighted by atomic mass is 16.5. The van der Waals surface area contributed by atoms with Crippen molar-refractivity contribution in [3.05, 3.63) is 0 Å². The molecule has 2 rings (SSSR count). The zero-order valence-corrected chi connectivity index (χ0v) is 9.91. The lowest BCUT2D eigenvalue weighted by molar-refractivity contribution is -0.143. The lowest BCUT2D eigenvalue weighted by Crippen LogP contribution is -2.40. The molecule has 1 saturated heterocycles. The first-order chi connectivity index (χ1) is 7.81. The first-order valence-corrected chi connectivity index (χ1v) is 6.24. The van der Waals surface area contributed by atoms with Crippen LogP contribution >= 0.6 is 0 Å². The van der Waals surface area contributed by atoms with Gasteiger partial charge in [0, 0.05) is 6.61 Å². The molecule has 0 aromatic heterocycles. The van der Waals surface area contributed by atoms with Gasteiger partial charge >= 0.3 is 5.97 Å². The zero-order chi connectivity index (χ0) is 11.4. The van der Waals surface area contributed by atoms with Crippen LogP contribution < -0.4 is 5.32 Å². The van der Waals surface area contributed by atoms with E-state index in [1.165, 1.54) is 13.5 Å². The number of methoxy groups -OCH3 is 1. The van der Waals surface area contributed by atoms with Crippen LogP contribution in [0.25, 0.3) is 0 Å². The average Bonchev–Trinajstić information content (AvgIpc) is 3.00. The molecule has 1 saturated carbocycles. The Hall–Kier alpha value is -0.610. The van der Waals surface area contributed by atoms with Crippen LogP contribution in [0.15, 0.2) is 0 Å². The quantitative estimate of drug-likeness (QED) is 0.690. The summed E-state index contributed by atoms with van der Waals surface area (Å²) < 4.78 is 10.3. The Labute approximate surface area is 96.7 Å². The second-order valence-corrected chi connectivity index (χ2v) is 4.72. The van der Waals surface area contributed by atoms with E-state index in [1.54, 1.807) is 0 Å². The first kappa shape index (κ1) is 11.9. The molecule has 0 aromatic carbocycles. The van der Waals surface area contributed by atoms with Crippen LogP contribution in [0.1, 0.15) is 32.1 Å². The summed E-state index contributed by atoms with van der Waals surface area (Å²) >= 11 is 0. The minimum Gasteiger partial charge on any atom is -0.468 e. The Morgan fingerprint density at radius 3 is 2.88 bits per heavy atom. The van der Waals surface area contributed by atoms with Gasteiger partial charge < -0.3 is 14.8 Å². The van der Waals surface area contributed by atoms with Gasteiger partial charge in [0.15, 0.2) is 0 Å². The van der Waals surface area contributed by atoms with Gasteiger partial charge in [-0.15, -0.1) is 0 Å². The fourth-order valence-corrected chi connectivity index (χ4v) is 2.27. The monoisotopic (exact) mass is 227 g/mol. The summed E-state index contributed by atoms with van der Waals surface area (Å²) in [6.45, 7) is 1.74. The number of esters is 1. The summed E-state index contributed by atoms with van der Waals surface area (Å²) in [5, 5.41) is 3.30. The maximum absolute atomic E-state index is 11.5. The van der Waals surface area contributed by atoms with Gasteiger partial charge in [-0.25, -0.2) is 0 Å². The lowest BCUT2D eigenvalue weighted by atomic mass is 10.1. The van der Waals surface area contributed by atoms with E-state index in [4.69, 9.17) is 9.47 Å². The fraction of sp³-hybridized carbons (Fsp3) is 0.917. The summed E-state index contributed by atoms with van der Waals surface area (Å²) in [6, 6.07) is -0.0913. The van der Waals surface area contributed by atoms with E-state index in [-0.39, 0.29) is 12.0 Å². The summed E-state index contributed by atoms with van der Waals surface area (Å²) in [6.07, 6.45) is 6.02. The van der Waals surface area contributed by atoms with Crippen molar-refractivity contribution < 1.29 is 14.3 Å². The molecule has 1 heterocycles. The highest BCUT2D eigenvalue weighted by molar-refractivity contribution is 5.76. The molecule has 92 valence electrons. The zero-order valence-electron chi connectivity index (χ0n) is 9.91. The topological polar surface area (TPSA) is 47.6 Å². The molecule has 1 aliphatic carbocycles. The number of rotatable bonds is 6. The number of carbonyl (C=O) groups is 1. The first-order valence-electron chi connectivity index (χ1n) is 6.24. The number of hydrogen-bond acceptors (Lipinski definition) is 4. The second-order valence-electron chi connectivity index (χ2n) is 4.72. The number of carbonyl (C=O) groups excluding carboxylic acids is 1. The molecule has 0 amide bonds. The maximum atomic E-state index is 11.5. The molecule has 4 heteroatoms. The van der Waals surface area contributed by atoms with Gasteiger partial charge in [-0.05, 0) is 44.6 Å². The minimum absolute atomic E-state index is 0.0913. The Bertz CT molecular complexity index is 234. The van der Waals surface area contributed by atoms with E-state index in [0.29, 0.717) is 12.0 Å². The van der Waals surface area contributed by atoms with Crippen LogP contribution in [0, 0.1) is 5.92 Å². The molecule has 0 bridgehead atoms. The molecule has 4 nitrogen and oxygen atoms in total. The molecule has 2 unspecified atom stereocenters. The number of ether oxygens (including phenoxy) is 2. The lowest BCUT2D eigenvalue weighted by Gasteiger charge is -2.17. The van der Waals surface area contributed by atoms with Gasteiger partial charge in [0.2, 0.25) is 0 Å². The maximum Gasteiger partial charge on any atom is 0.323 e. The normalized spacial score (nSPS) is 26.7. The van der Waals surface area contributed by atoms with Crippen LogP contribution in [0.4, 0.5) is 0 Å². The smallest absolute Gasteiger partial charge is 0.323 e. The van der Waals surface area contributed by atoms with E-state index < -0.39 is 0 Å². The van der Waals surface area contributed by atoms with Gasteiger partial charge in [-0.1, -0.05) is 0 Å².